The zero-order valence-electron chi connectivity index (χ0n) is 20.8. The first kappa shape index (κ1) is 22.9. The summed E-state index contributed by atoms with van der Waals surface area (Å²) in [5.74, 6) is -0.637. The highest BCUT2D eigenvalue weighted by Crippen LogP contribution is 2.36. The molecule has 2 heterocycles. The molecule has 0 atom stereocenters. The largest absolute Gasteiger partial charge is 0.372 e. The molecule has 0 aliphatic carbocycles. The summed E-state index contributed by atoms with van der Waals surface area (Å²) in [5, 5.41) is 3.31. The number of amides is 2. The topological polar surface area (TPSA) is 52.7 Å². The molecular weight excluding hydrogens is 434 g/mol. The summed E-state index contributed by atoms with van der Waals surface area (Å²) >= 11 is 0. The minimum absolute atomic E-state index is 0.303. The third-order valence-electron chi connectivity index (χ3n) is 6.81. The number of anilines is 3. The fraction of sp³-hybridized carbons (Fsp3) is 0.267. The molecule has 0 spiro atoms. The van der Waals surface area contributed by atoms with Gasteiger partial charge in [0.15, 0.2) is 0 Å². The molecule has 35 heavy (non-hydrogen) atoms. The molecule has 1 N–H and O–H groups in total. The molecule has 0 saturated carbocycles. The van der Waals surface area contributed by atoms with Crippen molar-refractivity contribution in [2.45, 2.75) is 40.5 Å². The van der Waals surface area contributed by atoms with Crippen molar-refractivity contribution in [3.8, 4) is 0 Å². The third-order valence-corrected chi connectivity index (χ3v) is 6.81. The Morgan fingerprint density at radius 1 is 0.686 bits per heavy atom. The van der Waals surface area contributed by atoms with Crippen LogP contribution in [0.3, 0.4) is 0 Å². The maximum atomic E-state index is 13.8. The second-order valence-electron chi connectivity index (χ2n) is 9.73. The van der Waals surface area contributed by atoms with Crippen LogP contribution in [0.15, 0.2) is 66.4 Å². The maximum absolute atomic E-state index is 13.8. The van der Waals surface area contributed by atoms with Crippen molar-refractivity contribution >= 4 is 34.4 Å². The van der Waals surface area contributed by atoms with E-state index in [1.54, 1.807) is 0 Å². The monoisotopic (exact) mass is 465 g/mol. The molecule has 178 valence electrons. The second-order valence-corrected chi connectivity index (χ2v) is 9.73. The number of nitrogens with zero attached hydrogens (tertiary/aromatic N) is 2. The number of rotatable bonds is 5. The minimum Gasteiger partial charge on any atom is -0.372 e. The Hall–Kier alpha value is -3.86. The molecule has 5 heteroatoms. The number of benzene rings is 3. The second kappa shape index (κ2) is 9.06. The van der Waals surface area contributed by atoms with Crippen LogP contribution < -0.4 is 15.1 Å². The summed E-state index contributed by atoms with van der Waals surface area (Å²) in [6.07, 6.45) is 2.44. The van der Waals surface area contributed by atoms with E-state index >= 15 is 0 Å². The van der Waals surface area contributed by atoms with Gasteiger partial charge in [-0.05, 0) is 99.2 Å². The van der Waals surface area contributed by atoms with E-state index in [2.05, 4.69) is 22.3 Å². The van der Waals surface area contributed by atoms with Gasteiger partial charge in [-0.3, -0.25) is 9.59 Å². The van der Waals surface area contributed by atoms with Gasteiger partial charge in [-0.2, -0.15) is 0 Å². The third kappa shape index (κ3) is 4.34. The first-order valence-corrected chi connectivity index (χ1v) is 12.2. The molecule has 3 aromatic rings. The summed E-state index contributed by atoms with van der Waals surface area (Å²) < 4.78 is 0. The Bertz CT molecular complexity index is 1330. The Kier molecular flexibility index (Phi) is 5.93. The Balaban J connectivity index is 1.56. The molecule has 1 fully saturated rings. The van der Waals surface area contributed by atoms with Crippen molar-refractivity contribution in [2.24, 2.45) is 0 Å². The van der Waals surface area contributed by atoms with Gasteiger partial charge in [0.2, 0.25) is 0 Å². The van der Waals surface area contributed by atoms with Crippen LogP contribution in [0.4, 0.5) is 17.1 Å². The van der Waals surface area contributed by atoms with Crippen LogP contribution in [0.2, 0.25) is 0 Å². The highest BCUT2D eigenvalue weighted by molar-refractivity contribution is 6.46. The van der Waals surface area contributed by atoms with E-state index in [9.17, 15) is 9.59 Å². The van der Waals surface area contributed by atoms with Crippen LogP contribution in [0, 0.1) is 27.7 Å². The molecule has 2 aliphatic heterocycles. The molecule has 2 amide bonds. The predicted octanol–water partition coefficient (Wildman–Crippen LogP) is 5.92. The lowest BCUT2D eigenvalue weighted by Gasteiger charge is -2.18. The SMILES string of the molecule is Cc1cc(C)cc(N2C(=O)C(Nc3ccc(N4CCCC4)cc3)=C(c3ccc(C)cc3C)C2=O)c1. The molecule has 5 nitrogen and oxygen atoms in total. The van der Waals surface area contributed by atoms with Crippen LogP contribution >= 0.6 is 0 Å². The summed E-state index contributed by atoms with van der Waals surface area (Å²) in [4.78, 5) is 31.2. The van der Waals surface area contributed by atoms with Crippen molar-refractivity contribution in [2.75, 3.05) is 28.2 Å². The van der Waals surface area contributed by atoms with Gasteiger partial charge in [0, 0.05) is 24.5 Å². The molecule has 0 bridgehead atoms. The predicted molar refractivity (Wildman–Crippen MR) is 143 cm³/mol. The van der Waals surface area contributed by atoms with Crippen molar-refractivity contribution in [3.63, 3.8) is 0 Å². The van der Waals surface area contributed by atoms with Gasteiger partial charge in [0.25, 0.3) is 11.8 Å². The van der Waals surface area contributed by atoms with E-state index in [1.807, 2.05) is 76.2 Å². The summed E-state index contributed by atoms with van der Waals surface area (Å²) in [6, 6.07) is 19.9. The van der Waals surface area contributed by atoms with E-state index in [0.717, 1.165) is 46.6 Å². The van der Waals surface area contributed by atoms with Gasteiger partial charge in [-0.15, -0.1) is 0 Å². The zero-order valence-corrected chi connectivity index (χ0v) is 20.8. The highest BCUT2D eigenvalue weighted by atomic mass is 16.2. The normalized spacial score (nSPS) is 16.0. The number of aryl methyl sites for hydroxylation is 4. The average Bonchev–Trinajstić information content (AvgIpc) is 3.42. The number of hydrogen-bond donors (Lipinski definition) is 1. The highest BCUT2D eigenvalue weighted by Gasteiger charge is 2.41. The first-order valence-electron chi connectivity index (χ1n) is 12.2. The number of hydrogen-bond acceptors (Lipinski definition) is 4. The first-order chi connectivity index (χ1) is 16.8. The molecule has 3 aromatic carbocycles. The fourth-order valence-electron chi connectivity index (χ4n) is 5.18. The van der Waals surface area contributed by atoms with Crippen molar-refractivity contribution in [1.29, 1.82) is 0 Å². The van der Waals surface area contributed by atoms with Crippen molar-refractivity contribution in [3.05, 3.63) is 94.2 Å². The van der Waals surface area contributed by atoms with Gasteiger partial charge in [-0.25, -0.2) is 4.90 Å². The fourth-order valence-corrected chi connectivity index (χ4v) is 5.18. The lowest BCUT2D eigenvalue weighted by molar-refractivity contribution is -0.120. The quantitative estimate of drug-likeness (QED) is 0.476. The lowest BCUT2D eigenvalue weighted by Crippen LogP contribution is -2.32. The molecule has 5 rings (SSSR count). The van der Waals surface area contributed by atoms with Gasteiger partial charge >= 0.3 is 0 Å². The molecule has 2 aliphatic rings. The molecule has 0 unspecified atom stereocenters. The zero-order chi connectivity index (χ0) is 24.7. The van der Waals surface area contributed by atoms with Crippen LogP contribution in [-0.2, 0) is 9.59 Å². The van der Waals surface area contributed by atoms with Gasteiger partial charge in [0.1, 0.15) is 5.70 Å². The molecule has 1 saturated heterocycles. The summed E-state index contributed by atoms with van der Waals surface area (Å²) in [7, 11) is 0. The van der Waals surface area contributed by atoms with Gasteiger partial charge in [-0.1, -0.05) is 29.8 Å². The van der Waals surface area contributed by atoms with E-state index in [-0.39, 0.29) is 11.8 Å². The smallest absolute Gasteiger partial charge is 0.282 e. The van der Waals surface area contributed by atoms with Gasteiger partial charge in [0.05, 0.1) is 11.3 Å². The molecule has 0 radical (unpaired) electrons. The Morgan fingerprint density at radius 2 is 1.34 bits per heavy atom. The number of nitrogens with one attached hydrogen (secondary N) is 1. The summed E-state index contributed by atoms with van der Waals surface area (Å²) in [5.41, 5.74) is 8.16. The van der Waals surface area contributed by atoms with Crippen molar-refractivity contribution in [1.82, 2.24) is 0 Å². The lowest BCUT2D eigenvalue weighted by atomic mass is 9.97. The van der Waals surface area contributed by atoms with E-state index in [4.69, 9.17) is 0 Å². The maximum Gasteiger partial charge on any atom is 0.282 e. The van der Waals surface area contributed by atoms with Gasteiger partial charge < -0.3 is 10.2 Å². The standard InChI is InChI=1S/C30H31N3O2/c1-19-7-12-26(22(4)16-19)27-28(31-23-8-10-24(11-9-23)32-13-5-6-14-32)30(35)33(29(27)34)25-17-20(2)15-21(3)18-25/h7-12,15-18,31H,5-6,13-14H2,1-4H3. The van der Waals surface area contributed by atoms with Crippen LogP contribution in [0.1, 0.15) is 40.7 Å². The minimum atomic E-state index is -0.335. The Labute approximate surface area is 207 Å². The number of imide groups is 1. The Morgan fingerprint density at radius 3 is 1.97 bits per heavy atom. The summed E-state index contributed by atoms with van der Waals surface area (Å²) in [6.45, 7) is 10.1. The molecule has 0 aromatic heterocycles. The van der Waals surface area contributed by atoms with E-state index in [0.29, 0.717) is 17.0 Å². The number of carbonyl (C=O) groups excluding carboxylic acids is 2. The van der Waals surface area contributed by atoms with Crippen LogP contribution in [0.5, 0.6) is 0 Å². The van der Waals surface area contributed by atoms with Crippen LogP contribution in [-0.4, -0.2) is 24.9 Å². The van der Waals surface area contributed by atoms with E-state index in [1.165, 1.54) is 23.4 Å². The molecular formula is C30H31N3O2. The van der Waals surface area contributed by atoms with E-state index < -0.39 is 0 Å². The van der Waals surface area contributed by atoms with Crippen LogP contribution in [0.25, 0.3) is 5.57 Å². The van der Waals surface area contributed by atoms with Crippen molar-refractivity contribution < 1.29 is 9.59 Å². The average molecular weight is 466 g/mol. The number of carbonyl (C=O) groups is 2.